The first-order valence-electron chi connectivity index (χ1n) is 12.8. The average molecular weight is 522 g/mol. The van der Waals surface area contributed by atoms with Crippen LogP contribution in [0.5, 0.6) is 11.5 Å². The molecule has 38 heavy (non-hydrogen) atoms. The summed E-state index contributed by atoms with van der Waals surface area (Å²) in [6.45, 7) is 10.5. The fourth-order valence-electron chi connectivity index (χ4n) is 4.57. The smallest absolute Gasteiger partial charge is 0.289 e. The average Bonchev–Trinajstić information content (AvgIpc) is 3.28. The molecule has 10 heteroatoms. The molecule has 4 N–H and O–H groups in total. The normalized spacial score (nSPS) is 14.0. The highest BCUT2D eigenvalue weighted by atomic mass is 16.3. The Kier molecular flexibility index (Phi) is 7.46. The number of aliphatic hydroxyl groups excluding tert-OH is 1. The van der Waals surface area contributed by atoms with Crippen LogP contribution in [0.2, 0.25) is 0 Å². The summed E-state index contributed by atoms with van der Waals surface area (Å²) < 4.78 is 1.59. The fourth-order valence-corrected chi connectivity index (χ4v) is 4.57. The van der Waals surface area contributed by atoms with Crippen LogP contribution < -0.4 is 5.32 Å². The molecule has 2 aromatic carbocycles. The predicted octanol–water partition coefficient (Wildman–Crippen LogP) is 3.16. The molecule has 1 fully saturated rings. The third-order valence-electron chi connectivity index (χ3n) is 6.98. The van der Waals surface area contributed by atoms with E-state index in [0.29, 0.717) is 36.4 Å². The fraction of sp³-hybridized carbons (Fsp3) is 0.429. The molecule has 0 unspecified atom stereocenters. The van der Waals surface area contributed by atoms with E-state index < -0.39 is 11.3 Å². The number of nitrogens with zero attached hydrogens (tertiary/aromatic N) is 4. The van der Waals surface area contributed by atoms with Gasteiger partial charge in [-0.3, -0.25) is 14.2 Å². The van der Waals surface area contributed by atoms with Crippen LogP contribution in [0.15, 0.2) is 36.4 Å². The number of hydrogen-bond donors (Lipinski definition) is 4. The Morgan fingerprint density at radius 2 is 1.74 bits per heavy atom. The summed E-state index contributed by atoms with van der Waals surface area (Å²) in [5.41, 5.74) is 1.85. The van der Waals surface area contributed by atoms with Gasteiger partial charge in [-0.2, -0.15) is 0 Å². The van der Waals surface area contributed by atoms with Gasteiger partial charge in [0.1, 0.15) is 11.5 Å². The number of aromatic hydroxyl groups is 2. The lowest BCUT2D eigenvalue weighted by Crippen LogP contribution is -2.53. The standard InChI is InChI=1S/C28H35N5O5/c1-6-29-26(37)25-31-30-24(21-11-20(16(2)3)22(35)12-23(21)36)33(25)19-9-7-17(8-10-19)18-13-32(14-18)27(38)28(4,5)15-34/h7-12,16,18,34-36H,6,13-15H2,1-5H3,(H,29,37). The van der Waals surface area contributed by atoms with Gasteiger partial charge in [0.25, 0.3) is 5.91 Å². The second-order valence-corrected chi connectivity index (χ2v) is 10.7. The number of carbonyl (C=O) groups excluding carboxylic acids is 2. The maximum Gasteiger partial charge on any atom is 0.289 e. The van der Waals surface area contributed by atoms with E-state index in [1.807, 2.05) is 45.0 Å². The van der Waals surface area contributed by atoms with Gasteiger partial charge in [0.2, 0.25) is 11.7 Å². The van der Waals surface area contributed by atoms with Crippen LogP contribution >= 0.6 is 0 Å². The summed E-state index contributed by atoms with van der Waals surface area (Å²) >= 11 is 0. The van der Waals surface area contributed by atoms with Gasteiger partial charge in [0.05, 0.1) is 17.6 Å². The van der Waals surface area contributed by atoms with Gasteiger partial charge in [-0.05, 0) is 56.0 Å². The maximum absolute atomic E-state index is 12.8. The summed E-state index contributed by atoms with van der Waals surface area (Å²) in [5, 5.41) is 41.6. The Balaban J connectivity index is 1.68. The van der Waals surface area contributed by atoms with Gasteiger partial charge < -0.3 is 25.5 Å². The molecule has 4 rings (SSSR count). The molecule has 1 saturated heterocycles. The van der Waals surface area contributed by atoms with Crippen molar-refractivity contribution in [3.63, 3.8) is 0 Å². The van der Waals surface area contributed by atoms with Crippen molar-refractivity contribution in [3.8, 4) is 28.6 Å². The summed E-state index contributed by atoms with van der Waals surface area (Å²) in [6.07, 6.45) is 0. The Bertz CT molecular complexity index is 1340. The minimum atomic E-state index is -0.801. The first-order valence-corrected chi connectivity index (χ1v) is 12.8. The molecule has 2 amide bonds. The second kappa shape index (κ2) is 10.4. The van der Waals surface area contributed by atoms with E-state index >= 15 is 0 Å². The molecule has 0 aliphatic carbocycles. The number of phenols is 2. The SMILES string of the molecule is CCNC(=O)c1nnc(-c2cc(C(C)C)c(O)cc2O)n1-c1ccc(C2CN(C(=O)C(C)(C)CO)C2)cc1. The number of amides is 2. The summed E-state index contributed by atoms with van der Waals surface area (Å²) in [7, 11) is 0. The third-order valence-corrected chi connectivity index (χ3v) is 6.98. The van der Waals surface area contributed by atoms with Crippen LogP contribution in [-0.2, 0) is 4.79 Å². The maximum atomic E-state index is 12.8. The van der Waals surface area contributed by atoms with E-state index in [4.69, 9.17) is 0 Å². The van der Waals surface area contributed by atoms with E-state index in [-0.39, 0.29) is 47.5 Å². The number of aromatic nitrogens is 3. The quantitative estimate of drug-likeness (QED) is 0.357. The summed E-state index contributed by atoms with van der Waals surface area (Å²) in [5.74, 6) is -0.170. The number of hydrogen-bond acceptors (Lipinski definition) is 7. The van der Waals surface area contributed by atoms with E-state index in [1.165, 1.54) is 6.07 Å². The molecule has 0 radical (unpaired) electrons. The van der Waals surface area contributed by atoms with Crippen molar-refractivity contribution in [2.24, 2.45) is 5.41 Å². The van der Waals surface area contributed by atoms with E-state index in [9.17, 15) is 24.9 Å². The Morgan fingerprint density at radius 3 is 2.32 bits per heavy atom. The molecule has 1 aliphatic heterocycles. The summed E-state index contributed by atoms with van der Waals surface area (Å²) in [4.78, 5) is 27.2. The number of carbonyl (C=O) groups is 2. The van der Waals surface area contributed by atoms with Gasteiger partial charge in [0.15, 0.2) is 5.82 Å². The minimum Gasteiger partial charge on any atom is -0.508 e. The summed E-state index contributed by atoms with van der Waals surface area (Å²) in [6, 6.07) is 10.5. The number of nitrogens with one attached hydrogen (secondary N) is 1. The van der Waals surface area contributed by atoms with Crippen LogP contribution in [-0.4, -0.2) is 73.0 Å². The molecule has 3 aromatic rings. The monoisotopic (exact) mass is 521 g/mol. The third kappa shape index (κ3) is 4.96. The second-order valence-electron chi connectivity index (χ2n) is 10.7. The largest absolute Gasteiger partial charge is 0.508 e. The number of phenolic OH excluding ortho intramolecular Hbond substituents is 2. The molecule has 2 heterocycles. The van der Waals surface area contributed by atoms with Crippen LogP contribution in [0, 0.1) is 5.41 Å². The van der Waals surface area contributed by atoms with Gasteiger partial charge in [-0.15, -0.1) is 10.2 Å². The number of benzene rings is 2. The highest BCUT2D eigenvalue weighted by Crippen LogP contribution is 2.38. The number of aliphatic hydroxyl groups is 1. The lowest BCUT2D eigenvalue weighted by molar-refractivity contribution is -0.147. The zero-order valence-corrected chi connectivity index (χ0v) is 22.4. The van der Waals surface area contributed by atoms with Crippen molar-refractivity contribution in [1.82, 2.24) is 25.0 Å². The van der Waals surface area contributed by atoms with Crippen molar-refractivity contribution in [2.45, 2.75) is 46.5 Å². The molecule has 1 aromatic heterocycles. The van der Waals surface area contributed by atoms with E-state index in [2.05, 4.69) is 15.5 Å². The van der Waals surface area contributed by atoms with E-state index in [1.54, 1.807) is 29.4 Å². The van der Waals surface area contributed by atoms with Gasteiger partial charge >= 0.3 is 0 Å². The number of likely N-dealkylation sites (tertiary alicyclic amines) is 1. The zero-order chi connectivity index (χ0) is 27.8. The first-order chi connectivity index (χ1) is 18.0. The van der Waals surface area contributed by atoms with Crippen LogP contribution in [0.25, 0.3) is 17.1 Å². The zero-order valence-electron chi connectivity index (χ0n) is 22.4. The molecular formula is C28H35N5O5. The Morgan fingerprint density at radius 1 is 1.08 bits per heavy atom. The number of rotatable bonds is 8. The minimum absolute atomic E-state index is 0.00950. The lowest BCUT2D eigenvalue weighted by atomic mass is 9.86. The van der Waals surface area contributed by atoms with Crippen molar-refractivity contribution in [1.29, 1.82) is 0 Å². The topological polar surface area (TPSA) is 141 Å². The molecular weight excluding hydrogens is 486 g/mol. The van der Waals surface area contributed by atoms with Crippen molar-refractivity contribution < 1.29 is 24.9 Å². The van der Waals surface area contributed by atoms with Gasteiger partial charge in [-0.1, -0.05) is 26.0 Å². The molecule has 0 saturated carbocycles. The van der Waals surface area contributed by atoms with Crippen molar-refractivity contribution in [2.75, 3.05) is 26.2 Å². The molecule has 1 aliphatic rings. The van der Waals surface area contributed by atoms with Crippen LogP contribution in [0.1, 0.15) is 68.2 Å². The van der Waals surface area contributed by atoms with Crippen LogP contribution in [0.3, 0.4) is 0 Å². The Hall–Kier alpha value is -3.92. The van der Waals surface area contributed by atoms with Crippen molar-refractivity contribution >= 4 is 11.8 Å². The van der Waals surface area contributed by atoms with Gasteiger partial charge in [0, 0.05) is 37.3 Å². The van der Waals surface area contributed by atoms with Crippen LogP contribution in [0.4, 0.5) is 0 Å². The highest BCUT2D eigenvalue weighted by molar-refractivity contribution is 5.92. The van der Waals surface area contributed by atoms with Gasteiger partial charge in [-0.25, -0.2) is 0 Å². The van der Waals surface area contributed by atoms with Crippen molar-refractivity contribution in [3.05, 3.63) is 53.3 Å². The Labute approximate surface area is 221 Å². The molecule has 0 atom stereocenters. The molecule has 0 bridgehead atoms. The first kappa shape index (κ1) is 27.1. The molecule has 202 valence electrons. The molecule has 10 nitrogen and oxygen atoms in total. The lowest BCUT2D eigenvalue weighted by Gasteiger charge is -2.43. The predicted molar refractivity (Wildman–Crippen MR) is 142 cm³/mol. The van der Waals surface area contributed by atoms with E-state index in [0.717, 1.165) is 5.56 Å². The highest BCUT2D eigenvalue weighted by Gasteiger charge is 2.39. The molecule has 0 spiro atoms.